The van der Waals surface area contributed by atoms with Crippen LogP contribution in [0.15, 0.2) is 42.5 Å². The van der Waals surface area contributed by atoms with Gasteiger partial charge >= 0.3 is 0 Å². The molecule has 2 nitrogen and oxygen atoms in total. The van der Waals surface area contributed by atoms with E-state index in [0.29, 0.717) is 0 Å². The largest absolute Gasteiger partial charge is 0.487 e. The number of ether oxygens (including phenoxy) is 1. The Morgan fingerprint density at radius 1 is 1.19 bits per heavy atom. The molecule has 0 aromatic heterocycles. The molecule has 0 radical (unpaired) electrons. The van der Waals surface area contributed by atoms with Crippen molar-refractivity contribution in [2.75, 3.05) is 5.32 Å². The topological polar surface area (TPSA) is 21.3 Å². The third kappa shape index (κ3) is 3.01. The van der Waals surface area contributed by atoms with Crippen molar-refractivity contribution in [3.63, 3.8) is 0 Å². The highest BCUT2D eigenvalue weighted by atomic mass is 35.5. The van der Waals surface area contributed by atoms with Crippen LogP contribution in [0.4, 0.5) is 5.69 Å². The van der Waals surface area contributed by atoms with E-state index in [2.05, 4.69) is 37.4 Å². The van der Waals surface area contributed by atoms with E-state index in [-0.39, 0.29) is 11.6 Å². The Bertz CT molecular complexity index is 666. The van der Waals surface area contributed by atoms with Crippen LogP contribution in [0.25, 0.3) is 0 Å². The smallest absolute Gasteiger partial charge is 0.125 e. The fourth-order valence-corrected chi connectivity index (χ4v) is 3.00. The first-order valence-electron chi connectivity index (χ1n) is 7.25. The predicted molar refractivity (Wildman–Crippen MR) is 88.3 cm³/mol. The minimum atomic E-state index is -0.180. The number of benzene rings is 2. The zero-order chi connectivity index (χ0) is 15.0. The van der Waals surface area contributed by atoms with Crippen LogP contribution >= 0.6 is 11.6 Å². The van der Waals surface area contributed by atoms with E-state index in [1.807, 2.05) is 31.2 Å². The molecule has 0 spiro atoms. The predicted octanol–water partition coefficient (Wildman–Crippen LogP) is 5.36. The van der Waals surface area contributed by atoms with E-state index >= 15 is 0 Å². The van der Waals surface area contributed by atoms with Gasteiger partial charge in [0.25, 0.3) is 0 Å². The summed E-state index contributed by atoms with van der Waals surface area (Å²) in [5, 5.41) is 4.39. The van der Waals surface area contributed by atoms with Gasteiger partial charge in [0, 0.05) is 22.7 Å². The molecule has 0 aliphatic carbocycles. The Morgan fingerprint density at radius 3 is 2.71 bits per heavy atom. The maximum atomic E-state index is 6.22. The number of halogens is 1. The van der Waals surface area contributed by atoms with Gasteiger partial charge < -0.3 is 10.1 Å². The number of fused-ring (bicyclic) bond motifs is 1. The first-order valence-corrected chi connectivity index (χ1v) is 7.63. The van der Waals surface area contributed by atoms with Gasteiger partial charge in [0.15, 0.2) is 0 Å². The second-order valence-corrected chi connectivity index (χ2v) is 6.67. The number of para-hydroxylation sites is 1. The van der Waals surface area contributed by atoms with Crippen molar-refractivity contribution in [1.29, 1.82) is 0 Å². The Hall–Kier alpha value is -1.67. The van der Waals surface area contributed by atoms with Gasteiger partial charge in [-0.25, -0.2) is 0 Å². The summed E-state index contributed by atoms with van der Waals surface area (Å²) in [6.07, 6.45) is 0.912. The lowest BCUT2D eigenvalue weighted by molar-refractivity contribution is 0.0759. The molecule has 1 atom stereocenters. The summed E-state index contributed by atoms with van der Waals surface area (Å²) < 4.78 is 6.06. The molecule has 3 rings (SSSR count). The summed E-state index contributed by atoms with van der Waals surface area (Å²) in [7, 11) is 0. The van der Waals surface area contributed by atoms with Gasteiger partial charge in [0.1, 0.15) is 11.4 Å². The van der Waals surface area contributed by atoms with E-state index in [1.54, 1.807) is 0 Å². The van der Waals surface area contributed by atoms with Crippen LogP contribution in [-0.4, -0.2) is 5.60 Å². The summed E-state index contributed by atoms with van der Waals surface area (Å²) in [6, 6.07) is 14.6. The molecule has 0 amide bonds. The first-order chi connectivity index (χ1) is 9.94. The molecule has 3 heteroatoms. The number of rotatable bonds is 2. The molecular weight excluding hydrogens is 282 g/mol. The normalized spacial score (nSPS) is 19.5. The fraction of sp³-hybridized carbons (Fsp3) is 0.333. The van der Waals surface area contributed by atoms with Crippen LogP contribution in [0.3, 0.4) is 0 Å². The molecule has 0 fully saturated rings. The zero-order valence-corrected chi connectivity index (χ0v) is 13.4. The highest BCUT2D eigenvalue weighted by Gasteiger charge is 2.33. The minimum Gasteiger partial charge on any atom is -0.487 e. The summed E-state index contributed by atoms with van der Waals surface area (Å²) in [6.45, 7) is 6.26. The number of hydrogen-bond acceptors (Lipinski definition) is 2. The maximum Gasteiger partial charge on any atom is 0.125 e. The molecule has 1 aliphatic heterocycles. The van der Waals surface area contributed by atoms with Crippen LogP contribution in [0.5, 0.6) is 5.75 Å². The molecule has 1 N–H and O–H groups in total. The fourth-order valence-electron chi connectivity index (χ4n) is 2.81. The average molecular weight is 302 g/mol. The van der Waals surface area contributed by atoms with Crippen molar-refractivity contribution in [1.82, 2.24) is 0 Å². The minimum absolute atomic E-state index is 0.180. The number of nitrogens with one attached hydrogen (secondary N) is 1. The molecule has 1 aliphatic rings. The quantitative estimate of drug-likeness (QED) is 0.806. The molecule has 21 heavy (non-hydrogen) atoms. The van der Waals surface area contributed by atoms with Gasteiger partial charge in [-0.3, -0.25) is 0 Å². The van der Waals surface area contributed by atoms with E-state index in [9.17, 15) is 0 Å². The van der Waals surface area contributed by atoms with Crippen LogP contribution in [-0.2, 0) is 0 Å². The van der Waals surface area contributed by atoms with Gasteiger partial charge in [-0.05, 0) is 44.5 Å². The summed E-state index contributed by atoms with van der Waals surface area (Å²) in [5.41, 5.74) is 3.16. The van der Waals surface area contributed by atoms with Crippen molar-refractivity contribution in [2.24, 2.45) is 0 Å². The molecule has 110 valence electrons. The van der Waals surface area contributed by atoms with Crippen LogP contribution in [0.2, 0.25) is 5.02 Å². The molecule has 0 saturated carbocycles. The number of hydrogen-bond donors (Lipinski definition) is 1. The van der Waals surface area contributed by atoms with Crippen molar-refractivity contribution in [3.8, 4) is 5.75 Å². The van der Waals surface area contributed by atoms with Gasteiger partial charge in [-0.2, -0.15) is 0 Å². The van der Waals surface area contributed by atoms with Gasteiger partial charge in [0.2, 0.25) is 0 Å². The molecule has 1 heterocycles. The second kappa shape index (κ2) is 5.27. The molecular formula is C18H20ClNO. The molecule has 2 aromatic carbocycles. The summed E-state index contributed by atoms with van der Waals surface area (Å²) in [5.74, 6) is 0.962. The van der Waals surface area contributed by atoms with E-state index < -0.39 is 0 Å². The molecule has 0 bridgehead atoms. The van der Waals surface area contributed by atoms with E-state index in [0.717, 1.165) is 28.4 Å². The van der Waals surface area contributed by atoms with Crippen molar-refractivity contribution >= 4 is 17.3 Å². The Labute approximate surface area is 131 Å². The van der Waals surface area contributed by atoms with Crippen molar-refractivity contribution < 1.29 is 4.74 Å². The van der Waals surface area contributed by atoms with Crippen molar-refractivity contribution in [2.45, 2.75) is 38.8 Å². The lowest BCUT2D eigenvalue weighted by Crippen LogP contribution is -2.37. The number of anilines is 1. The van der Waals surface area contributed by atoms with E-state index in [4.69, 9.17) is 16.3 Å². The third-order valence-corrected chi connectivity index (χ3v) is 4.30. The summed E-state index contributed by atoms with van der Waals surface area (Å²) in [4.78, 5) is 0. The third-order valence-electron chi connectivity index (χ3n) is 3.89. The van der Waals surface area contributed by atoms with E-state index in [1.165, 1.54) is 5.56 Å². The van der Waals surface area contributed by atoms with Gasteiger partial charge in [0.05, 0.1) is 6.04 Å². The summed E-state index contributed by atoms with van der Waals surface area (Å²) >= 11 is 6.22. The zero-order valence-electron chi connectivity index (χ0n) is 12.6. The Balaban J connectivity index is 1.92. The SMILES string of the molecule is Cc1ccc(NC2CC(C)(C)Oc3ccccc32)cc1Cl. The van der Waals surface area contributed by atoms with Crippen LogP contribution < -0.4 is 10.1 Å². The van der Waals surface area contributed by atoms with Gasteiger partial charge in [-0.15, -0.1) is 0 Å². The average Bonchev–Trinajstić information content (AvgIpc) is 2.42. The Morgan fingerprint density at radius 2 is 1.95 bits per heavy atom. The van der Waals surface area contributed by atoms with Crippen LogP contribution in [0, 0.1) is 6.92 Å². The monoisotopic (exact) mass is 301 g/mol. The molecule has 0 saturated heterocycles. The van der Waals surface area contributed by atoms with Crippen LogP contribution in [0.1, 0.15) is 37.4 Å². The highest BCUT2D eigenvalue weighted by molar-refractivity contribution is 6.31. The highest BCUT2D eigenvalue weighted by Crippen LogP contribution is 2.41. The Kier molecular flexibility index (Phi) is 3.58. The first kappa shape index (κ1) is 14.3. The second-order valence-electron chi connectivity index (χ2n) is 6.26. The van der Waals surface area contributed by atoms with Gasteiger partial charge in [-0.1, -0.05) is 35.9 Å². The number of aryl methyl sites for hydroxylation is 1. The lowest BCUT2D eigenvalue weighted by atomic mass is 9.89. The molecule has 1 unspecified atom stereocenters. The lowest BCUT2D eigenvalue weighted by Gasteiger charge is -2.38. The van der Waals surface area contributed by atoms with Crippen molar-refractivity contribution in [3.05, 3.63) is 58.6 Å². The standard InChI is InChI=1S/C18H20ClNO/c1-12-8-9-13(10-15(12)19)20-16-11-18(2,3)21-17-7-5-4-6-14(16)17/h4-10,16,20H,11H2,1-3H3. The maximum absolute atomic E-state index is 6.22. The molecule has 2 aromatic rings.